The number of benzene rings is 2. The molecular weight excluding hydrogens is 406 g/mol. The molecule has 5 heteroatoms. The van der Waals surface area contributed by atoms with Crippen molar-refractivity contribution in [3.8, 4) is 0 Å². The van der Waals surface area contributed by atoms with E-state index in [-0.39, 0.29) is 20.8 Å². The molecule has 0 N–H and O–H groups in total. The quantitative estimate of drug-likeness (QED) is 0.616. The van der Waals surface area contributed by atoms with E-state index >= 15 is 0 Å². The summed E-state index contributed by atoms with van der Waals surface area (Å²) in [5.74, 6) is -0.450. The molecule has 2 aromatic carbocycles. The lowest BCUT2D eigenvalue weighted by atomic mass is 9.83. The monoisotopic (exact) mass is 427 g/mol. The van der Waals surface area contributed by atoms with Crippen LogP contribution >= 0.6 is 0 Å². The van der Waals surface area contributed by atoms with E-state index in [0.717, 1.165) is 5.57 Å². The van der Waals surface area contributed by atoms with Gasteiger partial charge in [0.05, 0.1) is 4.90 Å². The van der Waals surface area contributed by atoms with Gasteiger partial charge < -0.3 is 4.90 Å². The van der Waals surface area contributed by atoms with Crippen molar-refractivity contribution >= 4 is 21.3 Å². The molecule has 4 nitrogen and oxygen atoms in total. The number of carbonyl (C=O) groups excluding carboxylic acids is 1. The van der Waals surface area contributed by atoms with Gasteiger partial charge in [0.2, 0.25) is 15.6 Å². The zero-order chi connectivity index (χ0) is 21.8. The third-order valence-electron chi connectivity index (χ3n) is 6.04. The smallest absolute Gasteiger partial charge is 0.211 e. The van der Waals surface area contributed by atoms with Gasteiger partial charge in [-0.05, 0) is 47.6 Å². The highest BCUT2D eigenvalue weighted by Gasteiger charge is 2.40. The third-order valence-corrected chi connectivity index (χ3v) is 7.87. The Morgan fingerprint density at radius 1 is 0.935 bits per heavy atom. The summed E-state index contributed by atoms with van der Waals surface area (Å²) in [4.78, 5) is 14.6. The van der Waals surface area contributed by atoms with Gasteiger partial charge >= 0.3 is 0 Å². The van der Waals surface area contributed by atoms with Crippen molar-refractivity contribution in [2.75, 3.05) is 4.90 Å². The fourth-order valence-electron chi connectivity index (χ4n) is 4.40. The normalized spacial score (nSPS) is 22.7. The van der Waals surface area contributed by atoms with Gasteiger partial charge in [-0.3, -0.25) is 4.79 Å². The maximum atomic E-state index is 12.6. The zero-order valence-electron chi connectivity index (χ0n) is 17.2. The largest absolute Gasteiger partial charge is 0.320 e. The van der Waals surface area contributed by atoms with E-state index in [2.05, 4.69) is 49.2 Å². The number of ketones is 1. The molecule has 0 saturated carbocycles. The summed E-state index contributed by atoms with van der Waals surface area (Å²) in [6, 6.07) is 14.7. The summed E-state index contributed by atoms with van der Waals surface area (Å²) < 4.78 is 25.3. The molecule has 0 atom stereocenters. The van der Waals surface area contributed by atoms with Crippen molar-refractivity contribution in [3.63, 3.8) is 0 Å². The van der Waals surface area contributed by atoms with Gasteiger partial charge in [0.1, 0.15) is 4.91 Å². The molecule has 2 aromatic rings. The van der Waals surface area contributed by atoms with E-state index in [1.807, 2.05) is 18.2 Å². The number of carbonyl (C=O) groups is 1. The topological polar surface area (TPSA) is 54.5 Å². The second-order valence-corrected chi connectivity index (χ2v) is 10.2. The van der Waals surface area contributed by atoms with Gasteiger partial charge in [0.25, 0.3) is 0 Å². The molecule has 0 radical (unpaired) electrons. The number of anilines is 1. The Morgan fingerprint density at radius 2 is 1.65 bits per heavy atom. The predicted octanol–water partition coefficient (Wildman–Crippen LogP) is 5.23. The highest BCUT2D eigenvalue weighted by molar-refractivity contribution is 7.97. The molecule has 0 fully saturated rings. The highest BCUT2D eigenvalue weighted by atomic mass is 32.2. The van der Waals surface area contributed by atoms with Crippen LogP contribution in [0.3, 0.4) is 0 Å². The number of rotatable bonds is 2. The fraction of sp³-hybridized carbons (Fsp3) is 0.115. The molecule has 154 valence electrons. The molecule has 3 aliphatic rings. The Kier molecular flexibility index (Phi) is 4.27. The van der Waals surface area contributed by atoms with Crippen LogP contribution in [0.25, 0.3) is 0 Å². The Bertz CT molecular complexity index is 1390. The lowest BCUT2D eigenvalue weighted by Crippen LogP contribution is -2.24. The first-order valence-corrected chi connectivity index (χ1v) is 11.6. The fourth-order valence-corrected chi connectivity index (χ4v) is 5.96. The number of hydrogen-bond donors (Lipinski definition) is 0. The molecule has 5 rings (SSSR count). The summed E-state index contributed by atoms with van der Waals surface area (Å²) in [5.41, 5.74) is 4.81. The molecule has 0 saturated heterocycles. The van der Waals surface area contributed by atoms with Crippen molar-refractivity contribution in [3.05, 3.63) is 118 Å². The molecule has 0 bridgehead atoms. The van der Waals surface area contributed by atoms with Crippen LogP contribution in [0.15, 0.2) is 112 Å². The van der Waals surface area contributed by atoms with Crippen LogP contribution in [0.1, 0.15) is 29.8 Å². The Balaban J connectivity index is 1.43. The van der Waals surface area contributed by atoms with Crippen LogP contribution in [0, 0.1) is 0 Å². The molecule has 3 heterocycles. The van der Waals surface area contributed by atoms with Gasteiger partial charge in [-0.2, -0.15) is 0 Å². The SMILES string of the molecule is CC1(C)C2=C/C(=C/C=C/C=C3/C(=O)c4ccccc4S3(=O)=O)C=CN2c2ccccc21. The average Bonchev–Trinajstić information content (AvgIpc) is 3.11. The van der Waals surface area contributed by atoms with Crippen LogP contribution in [-0.2, 0) is 15.3 Å². The van der Waals surface area contributed by atoms with Crippen molar-refractivity contribution in [2.24, 2.45) is 0 Å². The minimum absolute atomic E-state index is 0.0843. The Morgan fingerprint density at radius 3 is 2.45 bits per heavy atom. The number of fused-ring (bicyclic) bond motifs is 4. The van der Waals surface area contributed by atoms with E-state index < -0.39 is 15.6 Å². The van der Waals surface area contributed by atoms with Crippen LogP contribution < -0.4 is 4.90 Å². The molecule has 0 aromatic heterocycles. The maximum Gasteiger partial charge on any atom is 0.211 e. The summed E-state index contributed by atoms with van der Waals surface area (Å²) in [6.45, 7) is 4.42. The molecule has 3 aliphatic heterocycles. The van der Waals surface area contributed by atoms with Gasteiger partial charge in [0, 0.05) is 28.6 Å². The van der Waals surface area contributed by atoms with Crippen molar-refractivity contribution in [1.29, 1.82) is 0 Å². The van der Waals surface area contributed by atoms with Gasteiger partial charge in [-0.15, -0.1) is 0 Å². The molecule has 0 spiro atoms. The second kappa shape index (κ2) is 6.79. The first-order chi connectivity index (χ1) is 14.8. The second-order valence-electron chi connectivity index (χ2n) is 8.27. The van der Waals surface area contributed by atoms with E-state index in [4.69, 9.17) is 0 Å². The number of Topliss-reactive ketones (excluding diaryl/α,β-unsaturated/α-hetero) is 1. The van der Waals surface area contributed by atoms with E-state index in [9.17, 15) is 13.2 Å². The standard InChI is InChI=1S/C26H21NO3S/c1-26(2)20-11-5-6-12-21(20)27-16-15-18(17-24(26)27)9-3-7-14-23-25(28)19-10-4-8-13-22(19)31(23,29)30/h3-17H,1-2H3/b7-3+,18-9+,23-14-. The molecule has 0 unspecified atom stereocenters. The van der Waals surface area contributed by atoms with Crippen LogP contribution in [-0.4, -0.2) is 14.2 Å². The summed E-state index contributed by atoms with van der Waals surface area (Å²) in [6.07, 6.45) is 12.9. The summed E-state index contributed by atoms with van der Waals surface area (Å²) >= 11 is 0. The average molecular weight is 428 g/mol. The number of hydrogen-bond acceptors (Lipinski definition) is 4. The number of nitrogens with zero attached hydrogens (tertiary/aromatic N) is 1. The molecule has 31 heavy (non-hydrogen) atoms. The lowest BCUT2D eigenvalue weighted by molar-refractivity contribution is 0.104. The van der Waals surface area contributed by atoms with Crippen molar-refractivity contribution in [2.45, 2.75) is 24.2 Å². The van der Waals surface area contributed by atoms with Gasteiger partial charge in [-0.1, -0.05) is 62.4 Å². The van der Waals surface area contributed by atoms with E-state index in [0.29, 0.717) is 0 Å². The molecule has 0 aliphatic carbocycles. The minimum Gasteiger partial charge on any atom is -0.320 e. The lowest BCUT2D eigenvalue weighted by Gasteiger charge is -2.27. The number of sulfone groups is 1. The van der Waals surface area contributed by atoms with E-state index in [1.165, 1.54) is 29.1 Å². The Hall–Kier alpha value is -3.44. The first kappa shape index (κ1) is 19.5. The molecular formula is C26H21NO3S. The summed E-state index contributed by atoms with van der Waals surface area (Å²) in [7, 11) is -3.75. The van der Waals surface area contributed by atoms with Crippen molar-refractivity contribution in [1.82, 2.24) is 0 Å². The molecule has 0 amide bonds. The van der Waals surface area contributed by atoms with Crippen molar-refractivity contribution < 1.29 is 13.2 Å². The summed E-state index contributed by atoms with van der Waals surface area (Å²) in [5, 5.41) is 0. The maximum absolute atomic E-state index is 12.6. The predicted molar refractivity (Wildman–Crippen MR) is 122 cm³/mol. The zero-order valence-corrected chi connectivity index (χ0v) is 18.1. The number of para-hydroxylation sites is 1. The number of allylic oxidation sites excluding steroid dienone is 9. The van der Waals surface area contributed by atoms with Crippen LogP contribution in [0.5, 0.6) is 0 Å². The van der Waals surface area contributed by atoms with Crippen LogP contribution in [0.2, 0.25) is 0 Å². The van der Waals surface area contributed by atoms with Gasteiger partial charge in [-0.25, -0.2) is 8.42 Å². The highest BCUT2D eigenvalue weighted by Crippen LogP contribution is 2.49. The van der Waals surface area contributed by atoms with Crippen LogP contribution in [0.4, 0.5) is 5.69 Å². The third kappa shape index (κ3) is 2.88. The minimum atomic E-state index is -3.75. The first-order valence-electron chi connectivity index (χ1n) is 10.1. The van der Waals surface area contributed by atoms with E-state index in [1.54, 1.807) is 30.4 Å². The Labute approximate surface area is 182 Å². The van der Waals surface area contributed by atoms with Gasteiger partial charge in [0.15, 0.2) is 0 Å².